The molecule has 1 fully saturated rings. The lowest BCUT2D eigenvalue weighted by Gasteiger charge is -2.29. The van der Waals surface area contributed by atoms with Gasteiger partial charge in [-0.1, -0.05) is 0 Å². The number of ether oxygens (including phenoxy) is 3. The van der Waals surface area contributed by atoms with Crippen molar-refractivity contribution in [3.8, 4) is 0 Å². The van der Waals surface area contributed by atoms with Gasteiger partial charge in [-0.2, -0.15) is 0 Å². The van der Waals surface area contributed by atoms with Crippen LogP contribution in [-0.4, -0.2) is 70.9 Å². The van der Waals surface area contributed by atoms with Crippen molar-refractivity contribution < 1.29 is 33.3 Å². The monoisotopic (exact) mass is 293 g/mol. The van der Waals surface area contributed by atoms with Crippen molar-refractivity contribution in [2.45, 2.75) is 30.7 Å². The van der Waals surface area contributed by atoms with E-state index in [1.54, 1.807) is 0 Å². The molecule has 1 saturated heterocycles. The Kier molecular flexibility index (Phi) is 6.97. The van der Waals surface area contributed by atoms with Crippen molar-refractivity contribution in [3.63, 3.8) is 0 Å². The van der Waals surface area contributed by atoms with Gasteiger partial charge in [0.25, 0.3) is 0 Å². The molecule has 1 aliphatic heterocycles. The van der Waals surface area contributed by atoms with Crippen LogP contribution >= 0.6 is 7.60 Å². The maximum Gasteiger partial charge on any atom is 0.132 e. The minimum absolute atomic E-state index is 0.0241. The van der Waals surface area contributed by atoms with Crippen molar-refractivity contribution in [1.82, 2.24) is 0 Å². The molecule has 110 valence electrons. The Morgan fingerprint density at radius 1 is 1.47 bits per heavy atom. The van der Waals surface area contributed by atoms with Crippen LogP contribution in [0.5, 0.6) is 0 Å². The first-order valence-electron chi connectivity index (χ1n) is 5.98. The van der Waals surface area contributed by atoms with E-state index >= 15 is 0 Å². The predicted octanol–water partition coefficient (Wildman–Crippen LogP) is -1.14. The van der Waals surface area contributed by atoms with Crippen LogP contribution in [0.15, 0.2) is 0 Å². The minimum Gasteiger partial charge on any atom is -0.779 e. The van der Waals surface area contributed by atoms with Crippen molar-refractivity contribution in [2.75, 3.05) is 33.6 Å². The van der Waals surface area contributed by atoms with Crippen LogP contribution in [-0.2, 0) is 23.3 Å². The van der Waals surface area contributed by atoms with Crippen molar-refractivity contribution in [1.29, 1.82) is 0 Å². The van der Waals surface area contributed by atoms with E-state index in [4.69, 9.17) is 31.7 Å². The van der Waals surface area contributed by atoms with Crippen molar-refractivity contribution in [3.05, 3.63) is 0 Å². The van der Waals surface area contributed by atoms with Crippen LogP contribution in [0.1, 0.15) is 6.42 Å². The molecule has 1 aliphatic rings. The third-order valence-corrected chi connectivity index (χ3v) is 3.23. The van der Waals surface area contributed by atoms with Gasteiger partial charge in [0.2, 0.25) is 0 Å². The third kappa shape index (κ3) is 5.51. The zero-order valence-corrected chi connectivity index (χ0v) is 12.0. The predicted molar refractivity (Wildman–Crippen MR) is 66.1 cm³/mol. The van der Waals surface area contributed by atoms with E-state index in [9.17, 15) is 9.46 Å². The van der Waals surface area contributed by atoms with Gasteiger partial charge in [-0.25, -0.2) is 0 Å². The average molecular weight is 293 g/mol. The molecule has 0 bridgehead atoms. The van der Waals surface area contributed by atoms with Gasteiger partial charge < -0.3 is 33.3 Å². The van der Waals surface area contributed by atoms with Crippen molar-refractivity contribution in [2.24, 2.45) is 0 Å². The summed E-state index contributed by atoms with van der Waals surface area (Å²) >= 11 is 0. The van der Waals surface area contributed by atoms with E-state index in [1.807, 2.05) is 0 Å². The van der Waals surface area contributed by atoms with Gasteiger partial charge >= 0.3 is 0 Å². The van der Waals surface area contributed by atoms with E-state index in [0.29, 0.717) is 6.42 Å². The summed E-state index contributed by atoms with van der Waals surface area (Å²) in [6.07, 6.45) is -1.75. The summed E-state index contributed by atoms with van der Waals surface area (Å²) in [5, 5.41) is 8.71. The fourth-order valence-electron chi connectivity index (χ4n) is 1.88. The molecule has 0 aromatic carbocycles. The summed E-state index contributed by atoms with van der Waals surface area (Å²) in [6.45, 7) is 1.35. The second-order valence-corrected chi connectivity index (χ2v) is 6.10. The van der Waals surface area contributed by atoms with Crippen LogP contribution in [0.3, 0.4) is 0 Å². The van der Waals surface area contributed by atoms with Gasteiger partial charge in [-0.05, 0) is 6.42 Å². The molecule has 0 aromatic rings. The number of hydrogen-bond acceptors (Lipinski definition) is 7. The lowest BCUT2D eigenvalue weighted by atomic mass is 9.93. The number of aliphatic hydroxyl groups excluding tert-OH is 1. The highest BCUT2D eigenvalue weighted by Crippen LogP contribution is 2.39. The standard InChI is InChI=1S/C10H20BO7P/c1-15-6-7-8(18-19(2,13)14)9(10(11)17-7)16-5-3-4-12/h7-10,12H,3-6H2,1-2H3,(H,13,14)/p-1/t7-,8?,9+,10-/m1/s1. The van der Waals surface area contributed by atoms with Gasteiger partial charge in [0.15, 0.2) is 0 Å². The molecule has 5 atom stereocenters. The topological polar surface area (TPSA) is 97.3 Å². The summed E-state index contributed by atoms with van der Waals surface area (Å²) in [5.41, 5.74) is 0. The van der Waals surface area contributed by atoms with E-state index in [-0.39, 0.29) is 19.8 Å². The molecule has 1 heterocycles. The Hall–Kier alpha value is 0.0549. The van der Waals surface area contributed by atoms with Gasteiger partial charge in [0.1, 0.15) is 33.8 Å². The summed E-state index contributed by atoms with van der Waals surface area (Å²) in [7, 11) is 3.27. The average Bonchev–Trinajstić information content (AvgIpc) is 2.56. The number of hydrogen-bond donors (Lipinski definition) is 1. The second-order valence-electron chi connectivity index (χ2n) is 4.35. The van der Waals surface area contributed by atoms with E-state index < -0.39 is 31.9 Å². The molecule has 2 unspecified atom stereocenters. The highest BCUT2D eigenvalue weighted by Gasteiger charge is 2.44. The number of rotatable bonds is 8. The molecule has 0 aliphatic carbocycles. The fraction of sp³-hybridized carbons (Fsp3) is 1.00. The van der Waals surface area contributed by atoms with Gasteiger partial charge in [0.05, 0.1) is 6.61 Å². The highest BCUT2D eigenvalue weighted by atomic mass is 31.2. The van der Waals surface area contributed by atoms with Crippen LogP contribution in [0.4, 0.5) is 0 Å². The summed E-state index contributed by atoms with van der Waals surface area (Å²) < 4.78 is 32.1. The summed E-state index contributed by atoms with van der Waals surface area (Å²) in [4.78, 5) is 11.3. The fourth-order valence-corrected chi connectivity index (χ4v) is 2.57. The molecule has 0 saturated carbocycles. The SMILES string of the molecule is [B][C@@H]1O[C@H](COC)C(OP(C)(=O)[O-])[C@@H]1OCCCO. The third-order valence-electron chi connectivity index (χ3n) is 2.60. The Bertz CT molecular complexity index is 310. The smallest absolute Gasteiger partial charge is 0.132 e. The number of aliphatic hydroxyl groups is 1. The Labute approximate surface area is 114 Å². The Balaban J connectivity index is 2.70. The Morgan fingerprint density at radius 2 is 2.16 bits per heavy atom. The first-order chi connectivity index (χ1) is 8.89. The highest BCUT2D eigenvalue weighted by molar-refractivity contribution is 7.50. The first kappa shape index (κ1) is 17.1. The molecule has 19 heavy (non-hydrogen) atoms. The molecule has 2 radical (unpaired) electrons. The van der Waals surface area contributed by atoms with Gasteiger partial charge in [-0.3, -0.25) is 0 Å². The summed E-state index contributed by atoms with van der Waals surface area (Å²) in [6, 6.07) is -0.796. The lowest BCUT2D eigenvalue weighted by Crippen LogP contribution is -2.39. The maximum atomic E-state index is 11.3. The molecule has 0 spiro atoms. The van der Waals surface area contributed by atoms with Gasteiger partial charge in [-0.15, -0.1) is 0 Å². The van der Waals surface area contributed by atoms with Crippen LogP contribution < -0.4 is 4.89 Å². The lowest BCUT2D eigenvalue weighted by molar-refractivity contribution is -0.205. The molecular formula is C10H19BO7P-. The normalized spacial score (nSPS) is 34.3. The van der Waals surface area contributed by atoms with E-state index in [1.165, 1.54) is 7.11 Å². The van der Waals surface area contributed by atoms with Gasteiger partial charge in [0, 0.05) is 33.0 Å². The van der Waals surface area contributed by atoms with E-state index in [0.717, 1.165) is 6.66 Å². The maximum absolute atomic E-state index is 11.3. The molecule has 7 nitrogen and oxygen atoms in total. The molecular weight excluding hydrogens is 274 g/mol. The van der Waals surface area contributed by atoms with Crippen LogP contribution in [0, 0.1) is 0 Å². The van der Waals surface area contributed by atoms with E-state index in [2.05, 4.69) is 0 Å². The van der Waals surface area contributed by atoms with Crippen LogP contribution in [0.2, 0.25) is 0 Å². The van der Waals surface area contributed by atoms with Crippen molar-refractivity contribution >= 4 is 15.4 Å². The molecule has 0 aromatic heterocycles. The molecule has 1 rings (SSSR count). The quantitative estimate of drug-likeness (QED) is 0.343. The zero-order valence-electron chi connectivity index (χ0n) is 11.1. The second kappa shape index (κ2) is 7.74. The largest absolute Gasteiger partial charge is 0.779 e. The zero-order chi connectivity index (χ0) is 14.5. The number of methoxy groups -OCH3 is 1. The molecule has 0 amide bonds. The minimum atomic E-state index is -3.95. The Morgan fingerprint density at radius 3 is 2.68 bits per heavy atom. The van der Waals surface area contributed by atoms with Crippen LogP contribution in [0.25, 0.3) is 0 Å². The molecule has 1 N–H and O–H groups in total. The first-order valence-corrected chi connectivity index (χ1v) is 7.97. The molecule has 9 heteroatoms. The summed E-state index contributed by atoms with van der Waals surface area (Å²) in [5.74, 6) is 0.